The molecule has 0 unspecified atom stereocenters. The van der Waals surface area contributed by atoms with Crippen molar-refractivity contribution in [2.45, 2.75) is 0 Å². The Labute approximate surface area is 121 Å². The SMILES string of the molecule is COCCOCCOCCNCCN1CCSCC1. The van der Waals surface area contributed by atoms with Gasteiger partial charge in [0.1, 0.15) is 0 Å². The molecule has 6 heteroatoms. The van der Waals surface area contributed by atoms with Crippen molar-refractivity contribution in [1.29, 1.82) is 0 Å². The Morgan fingerprint density at radius 1 is 0.947 bits per heavy atom. The number of ether oxygens (including phenoxy) is 3. The number of nitrogens with one attached hydrogen (secondary N) is 1. The van der Waals surface area contributed by atoms with Gasteiger partial charge in [-0.2, -0.15) is 11.8 Å². The minimum absolute atomic E-state index is 0.645. The lowest BCUT2D eigenvalue weighted by Gasteiger charge is -2.26. The highest BCUT2D eigenvalue weighted by Gasteiger charge is 2.08. The number of nitrogens with zero attached hydrogens (tertiary/aromatic N) is 1. The van der Waals surface area contributed by atoms with E-state index < -0.39 is 0 Å². The minimum Gasteiger partial charge on any atom is -0.382 e. The van der Waals surface area contributed by atoms with Gasteiger partial charge in [0, 0.05) is 51.3 Å². The Hall–Kier alpha value is 0.150. The molecule has 0 bridgehead atoms. The summed E-state index contributed by atoms with van der Waals surface area (Å²) in [5.41, 5.74) is 0. The molecule has 0 aromatic carbocycles. The molecule has 19 heavy (non-hydrogen) atoms. The van der Waals surface area contributed by atoms with Gasteiger partial charge in [-0.25, -0.2) is 0 Å². The van der Waals surface area contributed by atoms with E-state index in [4.69, 9.17) is 14.2 Å². The third-order valence-electron chi connectivity index (χ3n) is 2.94. The van der Waals surface area contributed by atoms with E-state index in [1.54, 1.807) is 7.11 Å². The zero-order valence-corrected chi connectivity index (χ0v) is 12.9. The molecular weight excluding hydrogens is 264 g/mol. The first-order valence-electron chi connectivity index (χ1n) is 7.08. The van der Waals surface area contributed by atoms with Gasteiger partial charge in [0.05, 0.1) is 33.0 Å². The summed E-state index contributed by atoms with van der Waals surface area (Å²) in [6, 6.07) is 0. The summed E-state index contributed by atoms with van der Waals surface area (Å²) in [6.45, 7) is 8.96. The van der Waals surface area contributed by atoms with E-state index in [-0.39, 0.29) is 0 Å². The lowest BCUT2D eigenvalue weighted by atomic mass is 10.4. The third-order valence-corrected chi connectivity index (χ3v) is 3.88. The molecule has 1 aliphatic heterocycles. The average Bonchev–Trinajstić information content (AvgIpc) is 2.46. The molecule has 1 heterocycles. The van der Waals surface area contributed by atoms with Crippen molar-refractivity contribution in [2.24, 2.45) is 0 Å². The maximum atomic E-state index is 5.46. The monoisotopic (exact) mass is 292 g/mol. The van der Waals surface area contributed by atoms with E-state index in [9.17, 15) is 0 Å². The molecule has 5 nitrogen and oxygen atoms in total. The molecule has 114 valence electrons. The van der Waals surface area contributed by atoms with Gasteiger partial charge in [-0.3, -0.25) is 0 Å². The van der Waals surface area contributed by atoms with Gasteiger partial charge < -0.3 is 24.4 Å². The Balaban J connectivity index is 1.71. The molecule has 0 amide bonds. The first-order chi connectivity index (χ1) is 9.43. The van der Waals surface area contributed by atoms with Crippen molar-refractivity contribution in [2.75, 3.05) is 84.4 Å². The van der Waals surface area contributed by atoms with E-state index in [0.717, 1.165) is 26.2 Å². The molecule has 1 rings (SSSR count). The molecule has 1 aliphatic rings. The summed E-state index contributed by atoms with van der Waals surface area (Å²) < 4.78 is 15.6. The van der Waals surface area contributed by atoms with E-state index in [0.29, 0.717) is 26.4 Å². The van der Waals surface area contributed by atoms with Gasteiger partial charge in [-0.1, -0.05) is 0 Å². The van der Waals surface area contributed by atoms with Gasteiger partial charge >= 0.3 is 0 Å². The molecule has 0 radical (unpaired) electrons. The second kappa shape index (κ2) is 13.1. The topological polar surface area (TPSA) is 43.0 Å². The molecule has 0 spiro atoms. The van der Waals surface area contributed by atoms with Crippen molar-refractivity contribution in [1.82, 2.24) is 10.2 Å². The number of thioether (sulfide) groups is 1. The number of rotatable bonds is 12. The van der Waals surface area contributed by atoms with Gasteiger partial charge in [0.2, 0.25) is 0 Å². The summed E-state index contributed by atoms with van der Waals surface area (Å²) in [7, 11) is 1.67. The van der Waals surface area contributed by atoms with E-state index >= 15 is 0 Å². The normalized spacial score (nSPS) is 16.9. The minimum atomic E-state index is 0.645. The van der Waals surface area contributed by atoms with Gasteiger partial charge in [-0.05, 0) is 0 Å². The maximum absolute atomic E-state index is 5.46. The van der Waals surface area contributed by atoms with E-state index in [2.05, 4.69) is 22.0 Å². The fourth-order valence-electron chi connectivity index (χ4n) is 1.80. The highest BCUT2D eigenvalue weighted by Crippen LogP contribution is 2.07. The van der Waals surface area contributed by atoms with Gasteiger partial charge in [0.15, 0.2) is 0 Å². The van der Waals surface area contributed by atoms with Crippen LogP contribution in [0, 0.1) is 0 Å². The second-order valence-electron chi connectivity index (χ2n) is 4.42. The molecule has 0 aliphatic carbocycles. The van der Waals surface area contributed by atoms with Crippen LogP contribution in [-0.2, 0) is 14.2 Å². The van der Waals surface area contributed by atoms with Crippen molar-refractivity contribution < 1.29 is 14.2 Å². The molecule has 0 aromatic heterocycles. The standard InChI is InChI=1S/C13H28N2O3S/c1-16-8-9-18-11-10-17-7-3-14-2-4-15-5-12-19-13-6-15/h14H,2-13H2,1H3. The lowest BCUT2D eigenvalue weighted by Crippen LogP contribution is -2.38. The Kier molecular flexibility index (Phi) is 11.9. The summed E-state index contributed by atoms with van der Waals surface area (Å²) >= 11 is 2.06. The van der Waals surface area contributed by atoms with Crippen LogP contribution in [-0.4, -0.2) is 89.3 Å². The van der Waals surface area contributed by atoms with Crippen molar-refractivity contribution in [3.63, 3.8) is 0 Å². The maximum Gasteiger partial charge on any atom is 0.0701 e. The van der Waals surface area contributed by atoms with Crippen molar-refractivity contribution in [3.05, 3.63) is 0 Å². The lowest BCUT2D eigenvalue weighted by molar-refractivity contribution is 0.0255. The largest absolute Gasteiger partial charge is 0.382 e. The van der Waals surface area contributed by atoms with Crippen LogP contribution in [0.25, 0.3) is 0 Å². The highest BCUT2D eigenvalue weighted by atomic mass is 32.2. The van der Waals surface area contributed by atoms with Gasteiger partial charge in [0.25, 0.3) is 0 Å². The van der Waals surface area contributed by atoms with E-state index in [1.807, 2.05) is 0 Å². The highest BCUT2D eigenvalue weighted by molar-refractivity contribution is 7.99. The van der Waals surface area contributed by atoms with Crippen LogP contribution in [0.4, 0.5) is 0 Å². The Bertz CT molecular complexity index is 193. The molecule has 1 fully saturated rings. The molecular formula is C13H28N2O3S. The number of hydrogen-bond acceptors (Lipinski definition) is 6. The molecule has 0 saturated carbocycles. The second-order valence-corrected chi connectivity index (χ2v) is 5.65. The average molecular weight is 292 g/mol. The smallest absolute Gasteiger partial charge is 0.0701 e. The summed E-state index contributed by atoms with van der Waals surface area (Å²) in [4.78, 5) is 2.52. The first-order valence-corrected chi connectivity index (χ1v) is 8.24. The number of hydrogen-bond donors (Lipinski definition) is 1. The van der Waals surface area contributed by atoms with Crippen LogP contribution >= 0.6 is 11.8 Å². The third kappa shape index (κ3) is 10.6. The van der Waals surface area contributed by atoms with Crippen LogP contribution in [0.1, 0.15) is 0 Å². The molecule has 1 N–H and O–H groups in total. The first kappa shape index (κ1) is 17.2. The van der Waals surface area contributed by atoms with Crippen LogP contribution in [0.5, 0.6) is 0 Å². The predicted octanol–water partition coefficient (Wildman–Crippen LogP) is 0.304. The Morgan fingerprint density at radius 3 is 2.37 bits per heavy atom. The quantitative estimate of drug-likeness (QED) is 0.522. The predicted molar refractivity (Wildman–Crippen MR) is 80.1 cm³/mol. The Morgan fingerprint density at radius 2 is 1.63 bits per heavy atom. The number of methoxy groups -OCH3 is 1. The fraction of sp³-hybridized carbons (Fsp3) is 1.00. The van der Waals surface area contributed by atoms with E-state index in [1.165, 1.54) is 24.6 Å². The van der Waals surface area contributed by atoms with Crippen LogP contribution in [0.3, 0.4) is 0 Å². The van der Waals surface area contributed by atoms with Gasteiger partial charge in [-0.15, -0.1) is 0 Å². The summed E-state index contributed by atoms with van der Waals surface area (Å²) in [5.74, 6) is 2.57. The summed E-state index contributed by atoms with van der Waals surface area (Å²) in [6.07, 6.45) is 0. The van der Waals surface area contributed by atoms with Crippen LogP contribution < -0.4 is 5.32 Å². The fourth-order valence-corrected chi connectivity index (χ4v) is 2.77. The molecule has 1 saturated heterocycles. The zero-order chi connectivity index (χ0) is 13.6. The molecule has 0 atom stereocenters. The zero-order valence-electron chi connectivity index (χ0n) is 12.1. The molecule has 0 aromatic rings. The van der Waals surface area contributed by atoms with Crippen molar-refractivity contribution >= 4 is 11.8 Å². The van der Waals surface area contributed by atoms with Crippen molar-refractivity contribution in [3.8, 4) is 0 Å². The van der Waals surface area contributed by atoms with Crippen LogP contribution in [0.15, 0.2) is 0 Å². The summed E-state index contributed by atoms with van der Waals surface area (Å²) in [5, 5.41) is 3.41. The van der Waals surface area contributed by atoms with Crippen LogP contribution in [0.2, 0.25) is 0 Å².